The number of rotatable bonds is 6. The van der Waals surface area contributed by atoms with Gasteiger partial charge in [-0.25, -0.2) is 0 Å². The Labute approximate surface area is 104 Å². The molecule has 1 aromatic carbocycles. The first-order valence-corrected chi connectivity index (χ1v) is 6.39. The van der Waals surface area contributed by atoms with Gasteiger partial charge in [0.2, 0.25) is 0 Å². The maximum atomic E-state index is 9.34. The van der Waals surface area contributed by atoms with Crippen LogP contribution in [0.5, 0.6) is 0 Å². The molecule has 0 spiro atoms. The van der Waals surface area contributed by atoms with Gasteiger partial charge in [-0.05, 0) is 50.5 Å². The van der Waals surface area contributed by atoms with Crippen molar-refractivity contribution in [2.24, 2.45) is 0 Å². The molecule has 0 aromatic heterocycles. The van der Waals surface area contributed by atoms with Gasteiger partial charge >= 0.3 is 0 Å². The van der Waals surface area contributed by atoms with Crippen molar-refractivity contribution < 1.29 is 5.11 Å². The normalized spacial score (nSPS) is 12.5. The summed E-state index contributed by atoms with van der Waals surface area (Å²) < 4.78 is 0. The number of nitrogens with two attached hydrogens (primary N) is 1. The number of nitrogen functional groups attached to an aromatic ring is 1. The molecule has 0 radical (unpaired) electrons. The summed E-state index contributed by atoms with van der Waals surface area (Å²) in [5, 5.41) is 9.34. The van der Waals surface area contributed by atoms with E-state index in [1.807, 2.05) is 13.0 Å². The van der Waals surface area contributed by atoms with Crippen molar-refractivity contribution in [2.45, 2.75) is 39.7 Å². The molecule has 1 aromatic rings. The van der Waals surface area contributed by atoms with Crippen LogP contribution in [0.25, 0.3) is 0 Å². The van der Waals surface area contributed by atoms with Gasteiger partial charge in [-0.1, -0.05) is 6.92 Å². The first kappa shape index (κ1) is 13.8. The quantitative estimate of drug-likeness (QED) is 0.746. The zero-order valence-corrected chi connectivity index (χ0v) is 11.1. The fourth-order valence-corrected chi connectivity index (χ4v) is 1.91. The van der Waals surface area contributed by atoms with E-state index in [1.165, 1.54) is 11.3 Å². The maximum absolute atomic E-state index is 9.34. The Hall–Kier alpha value is -1.22. The molecule has 3 N–H and O–H groups in total. The number of nitrogens with zero attached hydrogens (tertiary/aromatic N) is 1. The van der Waals surface area contributed by atoms with Gasteiger partial charge in [-0.2, -0.15) is 0 Å². The van der Waals surface area contributed by atoms with Crippen molar-refractivity contribution in [3.63, 3.8) is 0 Å². The van der Waals surface area contributed by atoms with E-state index in [4.69, 9.17) is 5.73 Å². The Bertz CT molecular complexity index is 350. The Morgan fingerprint density at radius 1 is 1.35 bits per heavy atom. The largest absolute Gasteiger partial charge is 0.399 e. The van der Waals surface area contributed by atoms with Gasteiger partial charge in [0.05, 0.1) is 6.10 Å². The van der Waals surface area contributed by atoms with Crippen molar-refractivity contribution in [2.75, 3.05) is 23.7 Å². The summed E-state index contributed by atoms with van der Waals surface area (Å²) in [5.74, 6) is 0. The van der Waals surface area contributed by atoms with Gasteiger partial charge < -0.3 is 15.7 Å². The van der Waals surface area contributed by atoms with Crippen LogP contribution in [0.15, 0.2) is 18.2 Å². The van der Waals surface area contributed by atoms with Gasteiger partial charge in [-0.15, -0.1) is 0 Å². The van der Waals surface area contributed by atoms with Gasteiger partial charge in [0, 0.05) is 24.5 Å². The van der Waals surface area contributed by atoms with E-state index in [0.29, 0.717) is 0 Å². The van der Waals surface area contributed by atoms with Crippen LogP contribution in [-0.4, -0.2) is 24.3 Å². The minimum Gasteiger partial charge on any atom is -0.399 e. The first-order valence-electron chi connectivity index (χ1n) is 6.39. The minimum absolute atomic E-state index is 0.247. The van der Waals surface area contributed by atoms with Crippen molar-refractivity contribution >= 4 is 11.4 Å². The van der Waals surface area contributed by atoms with Crippen LogP contribution < -0.4 is 10.6 Å². The van der Waals surface area contributed by atoms with Crippen molar-refractivity contribution in [3.05, 3.63) is 23.8 Å². The highest BCUT2D eigenvalue weighted by molar-refractivity contribution is 5.58. The van der Waals surface area contributed by atoms with Crippen molar-refractivity contribution in [1.29, 1.82) is 0 Å². The molecule has 17 heavy (non-hydrogen) atoms. The first-order chi connectivity index (χ1) is 8.08. The van der Waals surface area contributed by atoms with Crippen molar-refractivity contribution in [3.8, 4) is 0 Å². The molecule has 96 valence electrons. The third-order valence-corrected chi connectivity index (χ3v) is 3.07. The molecule has 0 heterocycles. The summed E-state index contributed by atoms with van der Waals surface area (Å²) in [6, 6.07) is 6.18. The van der Waals surface area contributed by atoms with E-state index in [1.54, 1.807) is 0 Å². The Morgan fingerprint density at radius 2 is 2.06 bits per heavy atom. The molecule has 0 saturated heterocycles. The summed E-state index contributed by atoms with van der Waals surface area (Å²) in [5.41, 5.74) is 9.16. The number of benzene rings is 1. The molecule has 1 atom stereocenters. The third kappa shape index (κ3) is 3.93. The van der Waals surface area contributed by atoms with Gasteiger partial charge in [-0.3, -0.25) is 0 Å². The second kappa shape index (κ2) is 6.50. The molecule has 0 aliphatic heterocycles. The smallest absolute Gasteiger partial charge is 0.0528 e. The molecule has 0 amide bonds. The number of hydrogen-bond donors (Lipinski definition) is 2. The monoisotopic (exact) mass is 236 g/mol. The van der Waals surface area contributed by atoms with E-state index in [-0.39, 0.29) is 6.10 Å². The van der Waals surface area contributed by atoms with Gasteiger partial charge in [0.15, 0.2) is 0 Å². The number of aryl methyl sites for hydroxylation is 1. The van der Waals surface area contributed by atoms with Gasteiger partial charge in [0.25, 0.3) is 0 Å². The fraction of sp³-hybridized carbons (Fsp3) is 0.571. The van der Waals surface area contributed by atoms with E-state index in [9.17, 15) is 5.11 Å². The predicted molar refractivity (Wildman–Crippen MR) is 74.4 cm³/mol. The highest BCUT2D eigenvalue weighted by Gasteiger charge is 2.07. The molecule has 0 aliphatic carbocycles. The third-order valence-electron chi connectivity index (χ3n) is 3.07. The number of aliphatic hydroxyl groups is 1. The number of hydrogen-bond acceptors (Lipinski definition) is 3. The summed E-state index contributed by atoms with van der Waals surface area (Å²) in [4.78, 5) is 2.27. The molecule has 3 heteroatoms. The summed E-state index contributed by atoms with van der Waals surface area (Å²) in [6.45, 7) is 7.89. The van der Waals surface area contributed by atoms with E-state index in [0.717, 1.165) is 31.6 Å². The zero-order valence-electron chi connectivity index (χ0n) is 11.1. The van der Waals surface area contributed by atoms with Crippen LogP contribution in [0.3, 0.4) is 0 Å². The van der Waals surface area contributed by atoms with Gasteiger partial charge in [0.1, 0.15) is 0 Å². The Kier molecular flexibility index (Phi) is 5.29. The molecule has 0 saturated carbocycles. The molecule has 1 rings (SSSR count). The predicted octanol–water partition coefficient (Wildman–Crippen LogP) is 2.43. The SMILES string of the molecule is CCc1cc(N(CC)CCC(C)O)ccc1N. The van der Waals surface area contributed by atoms with Crippen LogP contribution in [0.4, 0.5) is 11.4 Å². The fourth-order valence-electron chi connectivity index (χ4n) is 1.91. The zero-order chi connectivity index (χ0) is 12.8. The maximum Gasteiger partial charge on any atom is 0.0528 e. The average molecular weight is 236 g/mol. The summed E-state index contributed by atoms with van der Waals surface area (Å²) >= 11 is 0. The van der Waals surface area contributed by atoms with E-state index < -0.39 is 0 Å². The second-order valence-corrected chi connectivity index (χ2v) is 4.45. The van der Waals surface area contributed by atoms with Crippen LogP contribution in [-0.2, 0) is 6.42 Å². The highest BCUT2D eigenvalue weighted by atomic mass is 16.3. The molecule has 0 bridgehead atoms. The Morgan fingerprint density at radius 3 is 2.59 bits per heavy atom. The number of aliphatic hydroxyl groups excluding tert-OH is 1. The molecular weight excluding hydrogens is 212 g/mol. The second-order valence-electron chi connectivity index (χ2n) is 4.45. The minimum atomic E-state index is -0.247. The topological polar surface area (TPSA) is 49.5 Å². The van der Waals surface area contributed by atoms with E-state index in [2.05, 4.69) is 30.9 Å². The average Bonchev–Trinajstić information content (AvgIpc) is 2.31. The lowest BCUT2D eigenvalue weighted by Gasteiger charge is -2.24. The highest BCUT2D eigenvalue weighted by Crippen LogP contribution is 2.22. The Balaban J connectivity index is 2.80. The lowest BCUT2D eigenvalue weighted by molar-refractivity contribution is 0.186. The van der Waals surface area contributed by atoms with Crippen LogP contribution >= 0.6 is 0 Å². The molecule has 0 aliphatic rings. The van der Waals surface area contributed by atoms with Crippen LogP contribution in [0.2, 0.25) is 0 Å². The lowest BCUT2D eigenvalue weighted by atomic mass is 10.1. The molecule has 1 unspecified atom stereocenters. The van der Waals surface area contributed by atoms with Crippen LogP contribution in [0.1, 0.15) is 32.8 Å². The summed E-state index contributed by atoms with van der Waals surface area (Å²) in [7, 11) is 0. The number of anilines is 2. The standard InChI is InChI=1S/C14H24N2O/c1-4-12-10-13(6-7-14(12)15)16(5-2)9-8-11(3)17/h6-7,10-11,17H,4-5,8-9,15H2,1-3H3. The lowest BCUT2D eigenvalue weighted by Crippen LogP contribution is -2.26. The molecule has 0 fully saturated rings. The molecular formula is C14H24N2O. The van der Waals surface area contributed by atoms with E-state index >= 15 is 0 Å². The van der Waals surface area contributed by atoms with Crippen LogP contribution in [0, 0.1) is 0 Å². The summed E-state index contributed by atoms with van der Waals surface area (Å²) in [6.07, 6.45) is 1.50. The molecule has 3 nitrogen and oxygen atoms in total. The van der Waals surface area contributed by atoms with Crippen molar-refractivity contribution in [1.82, 2.24) is 0 Å².